The molecule has 2 aliphatic rings. The molecule has 2 aliphatic heterocycles. The topological polar surface area (TPSA) is 86.3 Å². The number of aromatic nitrogens is 3. The van der Waals surface area contributed by atoms with E-state index < -0.39 is 17.4 Å². The number of aliphatic imine (C=N–C) groups is 1. The SMILES string of the molecule is Cc1cc(-c2cc3c(c(F)n2)Oc2ccc(-c4cccnc4F)cc2[C@@]32CSC(N)=N2)ccn1. The molecule has 5 heterocycles. The number of aryl methyl sites for hydroxylation is 1. The Hall–Kier alpha value is -3.85. The average Bonchev–Trinajstić information content (AvgIpc) is 3.22. The van der Waals surface area contributed by atoms with Crippen molar-refractivity contribution in [1.82, 2.24) is 15.0 Å². The highest BCUT2D eigenvalue weighted by Gasteiger charge is 2.47. The molecule has 1 spiro atoms. The Morgan fingerprint density at radius 1 is 0.971 bits per heavy atom. The van der Waals surface area contributed by atoms with Crippen LogP contribution >= 0.6 is 11.8 Å². The number of thioether (sulfide) groups is 1. The number of fused-ring (bicyclic) bond motifs is 4. The lowest BCUT2D eigenvalue weighted by atomic mass is 9.81. The maximum absolute atomic E-state index is 15.3. The summed E-state index contributed by atoms with van der Waals surface area (Å²) in [6.45, 7) is 1.86. The lowest BCUT2D eigenvalue weighted by Crippen LogP contribution is -2.31. The number of ether oxygens (including phenoxy) is 1. The summed E-state index contributed by atoms with van der Waals surface area (Å²) in [5.41, 5.74) is 9.22. The summed E-state index contributed by atoms with van der Waals surface area (Å²) in [7, 11) is 0. The normalized spacial score (nSPS) is 18.3. The smallest absolute Gasteiger partial charge is 0.256 e. The zero-order valence-electron chi connectivity index (χ0n) is 17.9. The van der Waals surface area contributed by atoms with E-state index >= 15 is 4.39 Å². The minimum Gasteiger partial charge on any atom is -0.452 e. The molecule has 1 aromatic carbocycles. The predicted octanol–water partition coefficient (Wildman–Crippen LogP) is 5.20. The maximum atomic E-state index is 15.3. The molecular formula is C25H17F2N5OS. The van der Waals surface area contributed by atoms with Crippen molar-refractivity contribution in [2.45, 2.75) is 12.5 Å². The van der Waals surface area contributed by atoms with Gasteiger partial charge in [0.15, 0.2) is 10.9 Å². The van der Waals surface area contributed by atoms with Crippen molar-refractivity contribution in [3.63, 3.8) is 0 Å². The molecule has 2 N–H and O–H groups in total. The zero-order valence-corrected chi connectivity index (χ0v) is 18.7. The highest BCUT2D eigenvalue weighted by atomic mass is 32.2. The van der Waals surface area contributed by atoms with E-state index in [0.717, 1.165) is 11.3 Å². The number of nitrogens with two attached hydrogens (primary N) is 1. The third-order valence-corrected chi connectivity index (χ3v) is 6.96. The molecular weight excluding hydrogens is 456 g/mol. The summed E-state index contributed by atoms with van der Waals surface area (Å²) in [6, 6.07) is 13.9. The summed E-state index contributed by atoms with van der Waals surface area (Å²) in [6.07, 6.45) is 3.05. The van der Waals surface area contributed by atoms with Crippen LogP contribution in [0.2, 0.25) is 0 Å². The van der Waals surface area contributed by atoms with Gasteiger partial charge in [0.05, 0.1) is 5.69 Å². The molecule has 0 radical (unpaired) electrons. The second-order valence-electron chi connectivity index (χ2n) is 8.11. The molecule has 3 aromatic heterocycles. The van der Waals surface area contributed by atoms with Gasteiger partial charge < -0.3 is 10.5 Å². The Morgan fingerprint density at radius 3 is 2.62 bits per heavy atom. The van der Waals surface area contributed by atoms with E-state index in [4.69, 9.17) is 15.5 Å². The summed E-state index contributed by atoms with van der Waals surface area (Å²) in [5.74, 6) is -0.434. The molecule has 168 valence electrons. The van der Waals surface area contributed by atoms with Crippen molar-refractivity contribution < 1.29 is 13.5 Å². The second kappa shape index (κ2) is 7.59. The Morgan fingerprint density at radius 2 is 1.85 bits per heavy atom. The Bertz CT molecular complexity index is 1510. The van der Waals surface area contributed by atoms with Crippen LogP contribution in [-0.2, 0) is 5.54 Å². The molecule has 1 atom stereocenters. The van der Waals surface area contributed by atoms with Crippen molar-refractivity contribution in [3.8, 4) is 33.9 Å². The lowest BCUT2D eigenvalue weighted by Gasteiger charge is -2.35. The fraction of sp³-hybridized carbons (Fsp3) is 0.120. The van der Waals surface area contributed by atoms with Crippen LogP contribution in [0.5, 0.6) is 11.5 Å². The largest absolute Gasteiger partial charge is 0.452 e. The van der Waals surface area contributed by atoms with Gasteiger partial charge in [-0.2, -0.15) is 8.78 Å². The molecule has 0 unspecified atom stereocenters. The molecule has 6 nitrogen and oxygen atoms in total. The van der Waals surface area contributed by atoms with Gasteiger partial charge in [-0.15, -0.1) is 0 Å². The molecule has 0 fully saturated rings. The van der Waals surface area contributed by atoms with Gasteiger partial charge in [-0.3, -0.25) is 4.98 Å². The number of rotatable bonds is 2. The molecule has 0 amide bonds. The number of hydrogen-bond donors (Lipinski definition) is 1. The zero-order chi connectivity index (χ0) is 23.4. The van der Waals surface area contributed by atoms with E-state index in [9.17, 15) is 4.39 Å². The van der Waals surface area contributed by atoms with Crippen molar-refractivity contribution in [2.75, 3.05) is 5.75 Å². The van der Waals surface area contributed by atoms with Gasteiger partial charge in [-0.25, -0.2) is 15.0 Å². The molecule has 34 heavy (non-hydrogen) atoms. The summed E-state index contributed by atoms with van der Waals surface area (Å²) in [4.78, 5) is 16.9. The first kappa shape index (κ1) is 20.7. The van der Waals surface area contributed by atoms with Crippen LogP contribution in [0.25, 0.3) is 22.4 Å². The van der Waals surface area contributed by atoms with Gasteiger partial charge in [-0.05, 0) is 55.0 Å². The molecule has 0 saturated carbocycles. The van der Waals surface area contributed by atoms with Gasteiger partial charge in [0.1, 0.15) is 11.3 Å². The highest BCUT2D eigenvalue weighted by Crippen LogP contribution is 2.54. The monoisotopic (exact) mass is 473 g/mol. The quantitative estimate of drug-likeness (QED) is 0.403. The molecule has 0 aliphatic carbocycles. The standard InChI is InChI=1S/C25H17F2N5OS/c1-13-9-15(6-8-29-13)19-11-18-21(23(27)31-19)33-20-5-4-14(16-3-2-7-30-22(16)26)10-17(20)25(18)12-34-24(28)32-25/h2-11H,12H2,1H3,(H2,28,32)/t25-/m0/s1. The second-order valence-corrected chi connectivity index (χ2v) is 9.11. The number of hydrogen-bond acceptors (Lipinski definition) is 7. The molecule has 4 aromatic rings. The fourth-order valence-corrected chi connectivity index (χ4v) is 5.39. The molecule has 0 saturated heterocycles. The van der Waals surface area contributed by atoms with E-state index in [2.05, 4.69) is 15.0 Å². The molecule has 9 heteroatoms. The Kier molecular flexibility index (Phi) is 4.63. The van der Waals surface area contributed by atoms with E-state index in [1.165, 1.54) is 18.0 Å². The first-order valence-electron chi connectivity index (χ1n) is 10.5. The highest BCUT2D eigenvalue weighted by molar-refractivity contribution is 8.14. The number of halogens is 2. The van der Waals surface area contributed by atoms with Crippen LogP contribution in [0.3, 0.4) is 0 Å². The average molecular weight is 474 g/mol. The van der Waals surface area contributed by atoms with Crippen LogP contribution < -0.4 is 10.5 Å². The van der Waals surface area contributed by atoms with Crippen molar-refractivity contribution in [1.29, 1.82) is 0 Å². The molecule has 6 rings (SSSR count). The van der Waals surface area contributed by atoms with Gasteiger partial charge >= 0.3 is 0 Å². The van der Waals surface area contributed by atoms with E-state index in [1.54, 1.807) is 42.6 Å². The van der Waals surface area contributed by atoms with Gasteiger partial charge in [0.25, 0.3) is 5.95 Å². The molecule has 0 bridgehead atoms. The fourth-order valence-electron chi connectivity index (χ4n) is 4.43. The van der Waals surface area contributed by atoms with Crippen LogP contribution in [0, 0.1) is 18.8 Å². The van der Waals surface area contributed by atoms with Crippen LogP contribution in [0.15, 0.2) is 65.9 Å². The van der Waals surface area contributed by atoms with Gasteiger partial charge in [-0.1, -0.05) is 17.8 Å². The maximum Gasteiger partial charge on any atom is 0.256 e. The Balaban J connectivity index is 1.59. The van der Waals surface area contributed by atoms with Gasteiger partial charge in [0, 0.05) is 46.1 Å². The predicted molar refractivity (Wildman–Crippen MR) is 127 cm³/mol. The summed E-state index contributed by atoms with van der Waals surface area (Å²) in [5, 5.41) is 0.385. The van der Waals surface area contributed by atoms with Gasteiger partial charge in [0.2, 0.25) is 5.95 Å². The number of amidine groups is 1. The lowest BCUT2D eigenvalue weighted by molar-refractivity contribution is 0.380. The summed E-state index contributed by atoms with van der Waals surface area (Å²) >= 11 is 1.38. The van der Waals surface area contributed by atoms with Crippen LogP contribution in [-0.4, -0.2) is 25.9 Å². The first-order chi connectivity index (χ1) is 16.4. The first-order valence-corrected chi connectivity index (χ1v) is 11.5. The third kappa shape index (κ3) is 3.15. The van der Waals surface area contributed by atoms with Crippen molar-refractivity contribution >= 4 is 16.9 Å². The number of benzene rings is 1. The van der Waals surface area contributed by atoms with E-state index in [0.29, 0.717) is 44.6 Å². The van der Waals surface area contributed by atoms with Crippen LogP contribution in [0.4, 0.5) is 8.78 Å². The van der Waals surface area contributed by atoms with Crippen molar-refractivity contribution in [2.24, 2.45) is 10.7 Å². The number of nitrogens with zero attached hydrogens (tertiary/aromatic N) is 4. The Labute approximate surface area is 198 Å². The van der Waals surface area contributed by atoms with E-state index in [-0.39, 0.29) is 5.75 Å². The third-order valence-electron chi connectivity index (χ3n) is 6.01. The van der Waals surface area contributed by atoms with Crippen molar-refractivity contribution in [3.05, 3.63) is 89.6 Å². The minimum absolute atomic E-state index is 0.0152. The summed E-state index contributed by atoms with van der Waals surface area (Å²) < 4.78 is 35.8. The minimum atomic E-state index is -1.01. The van der Waals surface area contributed by atoms with Crippen LogP contribution in [0.1, 0.15) is 16.8 Å². The van der Waals surface area contributed by atoms with E-state index in [1.807, 2.05) is 19.1 Å². The number of pyridine rings is 3.